The van der Waals surface area contributed by atoms with Gasteiger partial charge in [-0.1, -0.05) is 35.5 Å². The number of hydrogen-bond acceptors (Lipinski definition) is 4. The minimum atomic E-state index is -0.796. The zero-order chi connectivity index (χ0) is 14.9. The van der Waals surface area contributed by atoms with Gasteiger partial charge in [0.25, 0.3) is 5.91 Å². The molecule has 2 unspecified atom stereocenters. The van der Waals surface area contributed by atoms with Gasteiger partial charge in [0, 0.05) is 19.5 Å². The molecular weight excluding hydrogens is 268 g/mol. The van der Waals surface area contributed by atoms with Gasteiger partial charge in [-0.15, -0.1) is 0 Å². The second kappa shape index (κ2) is 5.48. The number of β-amino-alcohol motifs (C(OH)–C–C–N with tert-alkyl or cyclic N) is 1. The number of aliphatic hydroxyl groups is 1. The topological polar surface area (TPSA) is 62.1 Å². The van der Waals surface area contributed by atoms with E-state index in [9.17, 15) is 9.90 Å². The van der Waals surface area contributed by atoms with E-state index in [0.717, 1.165) is 24.1 Å². The summed E-state index contributed by atoms with van der Waals surface area (Å²) in [5.74, 6) is -0.0790. The first-order valence-corrected chi connectivity index (χ1v) is 7.34. The molecule has 0 aliphatic carbocycles. The average Bonchev–Trinajstić information content (AvgIpc) is 2.96. The van der Waals surface area contributed by atoms with Crippen LogP contribution in [0.5, 0.6) is 0 Å². The van der Waals surface area contributed by atoms with Crippen molar-refractivity contribution in [2.24, 2.45) is 5.16 Å². The summed E-state index contributed by atoms with van der Waals surface area (Å²) in [6.07, 6.45) is 1.47. The van der Waals surface area contributed by atoms with Gasteiger partial charge in [0.15, 0.2) is 0 Å². The van der Waals surface area contributed by atoms with Crippen LogP contribution >= 0.6 is 0 Å². The van der Waals surface area contributed by atoms with E-state index in [2.05, 4.69) is 5.16 Å². The molecule has 112 valence electrons. The maximum atomic E-state index is 12.5. The first-order chi connectivity index (χ1) is 10.1. The Balaban J connectivity index is 1.63. The van der Waals surface area contributed by atoms with Crippen LogP contribution < -0.4 is 0 Å². The number of oxime groups is 1. The Morgan fingerprint density at radius 3 is 2.90 bits per heavy atom. The maximum absolute atomic E-state index is 12.5. The fraction of sp³-hybridized carbons (Fsp3) is 0.500. The number of amides is 1. The molecule has 0 radical (unpaired) electrons. The van der Waals surface area contributed by atoms with Crippen molar-refractivity contribution < 1.29 is 14.7 Å². The molecular formula is C16H20N2O3. The molecule has 0 spiro atoms. The number of nitrogens with zero attached hydrogens (tertiary/aromatic N) is 2. The first kappa shape index (κ1) is 14.1. The molecule has 0 bridgehead atoms. The summed E-state index contributed by atoms with van der Waals surface area (Å²) in [6.45, 7) is 2.82. The Morgan fingerprint density at radius 1 is 1.43 bits per heavy atom. The van der Waals surface area contributed by atoms with Crippen molar-refractivity contribution >= 4 is 11.6 Å². The van der Waals surface area contributed by atoms with Gasteiger partial charge in [0.1, 0.15) is 0 Å². The molecule has 1 amide bonds. The van der Waals surface area contributed by atoms with Gasteiger partial charge in [-0.2, -0.15) is 0 Å². The number of likely N-dealkylation sites (tertiary alicyclic amines) is 1. The van der Waals surface area contributed by atoms with Crippen molar-refractivity contribution in [3.8, 4) is 0 Å². The molecule has 21 heavy (non-hydrogen) atoms. The summed E-state index contributed by atoms with van der Waals surface area (Å²) in [5, 5.41) is 14.1. The highest BCUT2D eigenvalue weighted by Crippen LogP contribution is 2.24. The van der Waals surface area contributed by atoms with Crippen molar-refractivity contribution in [3.63, 3.8) is 0 Å². The minimum absolute atomic E-state index is 0.0790. The monoisotopic (exact) mass is 288 g/mol. The highest BCUT2D eigenvalue weighted by atomic mass is 16.6. The van der Waals surface area contributed by atoms with Crippen LogP contribution in [-0.2, 0) is 9.63 Å². The quantitative estimate of drug-likeness (QED) is 0.898. The Kier molecular flexibility index (Phi) is 3.68. The average molecular weight is 288 g/mol. The molecule has 0 saturated carbocycles. The molecule has 1 aromatic rings. The van der Waals surface area contributed by atoms with E-state index in [1.54, 1.807) is 11.8 Å². The van der Waals surface area contributed by atoms with E-state index in [1.165, 1.54) is 0 Å². The summed E-state index contributed by atoms with van der Waals surface area (Å²) >= 11 is 0. The second-order valence-corrected chi connectivity index (χ2v) is 6.06. The van der Waals surface area contributed by atoms with Crippen molar-refractivity contribution in [2.45, 2.75) is 37.9 Å². The zero-order valence-electron chi connectivity index (χ0n) is 12.2. The van der Waals surface area contributed by atoms with Crippen LogP contribution in [0.25, 0.3) is 0 Å². The lowest BCUT2D eigenvalue weighted by Gasteiger charge is -2.37. The number of carbonyl (C=O) groups is 1. The van der Waals surface area contributed by atoms with Crippen molar-refractivity contribution in [1.82, 2.24) is 4.90 Å². The summed E-state index contributed by atoms with van der Waals surface area (Å²) in [7, 11) is 0. The standard InChI is InChI=1S/C16H20N2O3/c1-16(20)8-5-9-18(11-16)15(19)14-10-13(17-21-14)12-6-3-2-4-7-12/h2-4,6-7,14,20H,5,8-11H2,1H3. The third kappa shape index (κ3) is 3.08. The van der Waals surface area contributed by atoms with E-state index in [4.69, 9.17) is 4.84 Å². The van der Waals surface area contributed by atoms with Crippen LogP contribution in [0, 0.1) is 0 Å². The minimum Gasteiger partial charge on any atom is -0.388 e. The maximum Gasteiger partial charge on any atom is 0.267 e. The molecule has 2 aliphatic rings. The summed E-state index contributed by atoms with van der Waals surface area (Å²) in [4.78, 5) is 19.5. The van der Waals surface area contributed by atoms with Crippen molar-refractivity contribution in [3.05, 3.63) is 35.9 Å². The molecule has 0 aromatic heterocycles. The van der Waals surface area contributed by atoms with Crippen LogP contribution in [-0.4, -0.2) is 46.4 Å². The van der Waals surface area contributed by atoms with Gasteiger partial charge >= 0.3 is 0 Å². The molecule has 2 aliphatic heterocycles. The van der Waals surface area contributed by atoms with E-state index in [0.29, 0.717) is 19.5 Å². The van der Waals surface area contributed by atoms with Gasteiger partial charge in [-0.05, 0) is 25.3 Å². The Bertz CT molecular complexity index is 554. The third-order valence-corrected chi connectivity index (χ3v) is 4.04. The second-order valence-electron chi connectivity index (χ2n) is 6.06. The van der Waals surface area contributed by atoms with Crippen molar-refractivity contribution in [2.75, 3.05) is 13.1 Å². The van der Waals surface area contributed by atoms with Gasteiger partial charge in [-0.25, -0.2) is 0 Å². The largest absolute Gasteiger partial charge is 0.388 e. The summed E-state index contributed by atoms with van der Waals surface area (Å²) in [5.41, 5.74) is 0.992. The van der Waals surface area contributed by atoms with Crippen LogP contribution in [0.4, 0.5) is 0 Å². The summed E-state index contributed by atoms with van der Waals surface area (Å²) < 4.78 is 0. The molecule has 1 aromatic carbocycles. The van der Waals surface area contributed by atoms with Crippen LogP contribution in [0.2, 0.25) is 0 Å². The number of carbonyl (C=O) groups excluding carboxylic acids is 1. The SMILES string of the molecule is CC1(O)CCCN(C(=O)C2CC(c3ccccc3)=NO2)C1. The molecule has 1 N–H and O–H groups in total. The summed E-state index contributed by atoms with van der Waals surface area (Å²) in [6, 6.07) is 9.74. The van der Waals surface area contributed by atoms with Crippen LogP contribution in [0.15, 0.2) is 35.5 Å². The van der Waals surface area contributed by atoms with Crippen LogP contribution in [0.3, 0.4) is 0 Å². The first-order valence-electron chi connectivity index (χ1n) is 7.34. The van der Waals surface area contributed by atoms with Gasteiger partial charge < -0.3 is 14.8 Å². The van der Waals surface area contributed by atoms with E-state index < -0.39 is 11.7 Å². The van der Waals surface area contributed by atoms with Gasteiger partial charge in [-0.3, -0.25) is 4.79 Å². The fourth-order valence-corrected chi connectivity index (χ4v) is 2.92. The molecule has 2 atom stereocenters. The smallest absolute Gasteiger partial charge is 0.267 e. The predicted octanol–water partition coefficient (Wildman–Crippen LogP) is 1.55. The van der Waals surface area contributed by atoms with E-state index in [1.807, 2.05) is 30.3 Å². The number of benzene rings is 1. The van der Waals surface area contributed by atoms with Crippen molar-refractivity contribution in [1.29, 1.82) is 0 Å². The highest BCUT2D eigenvalue weighted by molar-refractivity contribution is 6.04. The predicted molar refractivity (Wildman–Crippen MR) is 78.9 cm³/mol. The normalized spacial score (nSPS) is 29.0. The van der Waals surface area contributed by atoms with Gasteiger partial charge in [0.05, 0.1) is 11.3 Å². The van der Waals surface area contributed by atoms with E-state index in [-0.39, 0.29) is 5.91 Å². The molecule has 3 rings (SSSR count). The van der Waals surface area contributed by atoms with Crippen LogP contribution in [0.1, 0.15) is 31.7 Å². The highest BCUT2D eigenvalue weighted by Gasteiger charge is 2.37. The molecule has 1 saturated heterocycles. The lowest BCUT2D eigenvalue weighted by molar-refractivity contribution is -0.148. The van der Waals surface area contributed by atoms with E-state index >= 15 is 0 Å². The molecule has 1 fully saturated rings. The number of rotatable bonds is 2. The Morgan fingerprint density at radius 2 is 2.19 bits per heavy atom. The Labute approximate surface area is 124 Å². The molecule has 5 nitrogen and oxygen atoms in total. The third-order valence-electron chi connectivity index (χ3n) is 4.04. The molecule has 5 heteroatoms. The molecule has 2 heterocycles. The lowest BCUT2D eigenvalue weighted by Crippen LogP contribution is -2.51. The Hall–Kier alpha value is -1.88. The zero-order valence-corrected chi connectivity index (χ0v) is 12.2. The number of hydrogen-bond donors (Lipinski definition) is 1. The number of piperidine rings is 1. The fourth-order valence-electron chi connectivity index (χ4n) is 2.92. The van der Waals surface area contributed by atoms with Gasteiger partial charge in [0.2, 0.25) is 6.10 Å². The lowest BCUT2D eigenvalue weighted by atomic mass is 9.94.